The molecular weight excluding hydrogens is 400 g/mol. The number of hydrogen-bond donors (Lipinski definition) is 2. The number of phenols is 2. The van der Waals surface area contributed by atoms with Crippen LogP contribution < -0.4 is 0 Å². The molecular formula is C26H38N4O2. The van der Waals surface area contributed by atoms with Crippen molar-refractivity contribution in [2.45, 2.75) is 40.8 Å². The number of aliphatic imine (C=N–C) groups is 2. The third-order valence-electron chi connectivity index (χ3n) is 5.60. The quantitative estimate of drug-likeness (QED) is 0.361. The van der Waals surface area contributed by atoms with Crippen molar-refractivity contribution in [3.05, 3.63) is 58.7 Å². The van der Waals surface area contributed by atoms with Gasteiger partial charge >= 0.3 is 0 Å². The molecule has 0 aliphatic carbocycles. The smallest absolute Gasteiger partial charge is 0.124 e. The lowest BCUT2D eigenvalue weighted by Crippen LogP contribution is -2.22. The van der Waals surface area contributed by atoms with Crippen LogP contribution in [0.2, 0.25) is 0 Å². The van der Waals surface area contributed by atoms with Gasteiger partial charge in [-0.05, 0) is 61.6 Å². The van der Waals surface area contributed by atoms with E-state index in [4.69, 9.17) is 0 Å². The van der Waals surface area contributed by atoms with E-state index >= 15 is 0 Å². The average Bonchev–Trinajstić information content (AvgIpc) is 2.81. The lowest BCUT2D eigenvalue weighted by molar-refractivity contribution is 0.295. The maximum atomic E-state index is 10.1. The van der Waals surface area contributed by atoms with E-state index in [-0.39, 0.29) is 11.5 Å². The summed E-state index contributed by atoms with van der Waals surface area (Å²) < 4.78 is 0. The third-order valence-corrected chi connectivity index (χ3v) is 5.60. The minimum absolute atomic E-state index is 0.232. The van der Waals surface area contributed by atoms with Crippen molar-refractivity contribution in [2.24, 2.45) is 9.98 Å². The van der Waals surface area contributed by atoms with E-state index in [9.17, 15) is 10.2 Å². The van der Waals surface area contributed by atoms with Gasteiger partial charge in [-0.15, -0.1) is 0 Å². The van der Waals surface area contributed by atoms with Gasteiger partial charge in [-0.25, -0.2) is 0 Å². The Morgan fingerprint density at radius 1 is 0.656 bits per heavy atom. The van der Waals surface area contributed by atoms with Gasteiger partial charge in [0.25, 0.3) is 0 Å². The maximum Gasteiger partial charge on any atom is 0.124 e. The van der Waals surface area contributed by atoms with Crippen LogP contribution in [0.4, 0.5) is 0 Å². The first-order valence-corrected chi connectivity index (χ1v) is 11.6. The normalized spacial score (nSPS) is 12.1. The van der Waals surface area contributed by atoms with Crippen molar-refractivity contribution in [1.29, 1.82) is 0 Å². The zero-order valence-corrected chi connectivity index (χ0v) is 20.0. The molecule has 0 aliphatic rings. The number of nitrogens with zero attached hydrogens (tertiary/aromatic N) is 4. The van der Waals surface area contributed by atoms with E-state index in [1.54, 1.807) is 24.6 Å². The maximum absolute atomic E-state index is 10.1. The summed E-state index contributed by atoms with van der Waals surface area (Å²) in [6.45, 7) is 15.3. The van der Waals surface area contributed by atoms with Crippen molar-refractivity contribution >= 4 is 12.4 Å². The van der Waals surface area contributed by atoms with Gasteiger partial charge in [-0.1, -0.05) is 39.8 Å². The Labute approximate surface area is 192 Å². The van der Waals surface area contributed by atoms with Gasteiger partial charge in [0.1, 0.15) is 11.5 Å². The van der Waals surface area contributed by atoms with Crippen LogP contribution >= 0.6 is 0 Å². The third kappa shape index (κ3) is 8.09. The van der Waals surface area contributed by atoms with E-state index in [0.29, 0.717) is 13.1 Å². The zero-order chi connectivity index (χ0) is 23.3. The van der Waals surface area contributed by atoms with Crippen molar-refractivity contribution in [2.75, 3.05) is 39.3 Å². The van der Waals surface area contributed by atoms with Gasteiger partial charge in [0.15, 0.2) is 0 Å². The minimum Gasteiger partial charge on any atom is -0.507 e. The van der Waals surface area contributed by atoms with Gasteiger partial charge < -0.3 is 10.2 Å². The van der Waals surface area contributed by atoms with Crippen LogP contribution in [0.25, 0.3) is 0 Å². The van der Waals surface area contributed by atoms with Gasteiger partial charge in [0, 0.05) is 36.6 Å². The first-order chi connectivity index (χ1) is 15.5. The topological polar surface area (TPSA) is 71.7 Å². The summed E-state index contributed by atoms with van der Waals surface area (Å²) >= 11 is 0. The molecule has 0 bridgehead atoms. The molecule has 0 aromatic heterocycles. The number of benzene rings is 2. The molecule has 6 nitrogen and oxygen atoms in total. The fraction of sp³-hybridized carbons (Fsp3) is 0.462. The number of hydrogen-bond acceptors (Lipinski definition) is 6. The summed E-state index contributed by atoms with van der Waals surface area (Å²) in [5, 5.41) is 20.2. The second-order valence-electron chi connectivity index (χ2n) is 7.78. The molecule has 2 aromatic rings. The van der Waals surface area contributed by atoms with Crippen LogP contribution in [0.1, 0.15) is 49.9 Å². The zero-order valence-electron chi connectivity index (χ0n) is 20.0. The van der Waals surface area contributed by atoms with E-state index in [2.05, 4.69) is 47.5 Å². The van der Waals surface area contributed by atoms with Crippen LogP contribution in [0.15, 0.2) is 46.4 Å². The minimum atomic E-state index is 0.232. The second-order valence-corrected chi connectivity index (χ2v) is 7.78. The Morgan fingerprint density at radius 2 is 1.03 bits per heavy atom. The molecule has 2 aromatic carbocycles. The van der Waals surface area contributed by atoms with Gasteiger partial charge in [0.05, 0.1) is 13.1 Å². The lowest BCUT2D eigenvalue weighted by Gasteiger charge is -2.18. The first-order valence-electron chi connectivity index (χ1n) is 11.6. The molecule has 0 spiro atoms. The molecule has 0 radical (unpaired) electrons. The predicted molar refractivity (Wildman–Crippen MR) is 134 cm³/mol. The summed E-state index contributed by atoms with van der Waals surface area (Å²) in [6, 6.07) is 11.3. The van der Waals surface area contributed by atoms with Crippen LogP contribution in [-0.2, 0) is 13.1 Å². The Kier molecular flexibility index (Phi) is 10.9. The highest BCUT2D eigenvalue weighted by Gasteiger charge is 2.06. The second kappa shape index (κ2) is 13.7. The molecule has 2 N–H and O–H groups in total. The van der Waals surface area contributed by atoms with Gasteiger partial charge in [0.2, 0.25) is 0 Å². The van der Waals surface area contributed by atoms with Crippen molar-refractivity contribution < 1.29 is 10.2 Å². The Bertz CT molecular complexity index is 814. The highest BCUT2D eigenvalue weighted by molar-refractivity contribution is 5.84. The van der Waals surface area contributed by atoms with Crippen molar-refractivity contribution in [3.63, 3.8) is 0 Å². The van der Waals surface area contributed by atoms with Gasteiger partial charge in [-0.2, -0.15) is 0 Å². The standard InChI is InChI=1S/C26H38N4O2/c1-5-29(6-2)19-21-9-11-25(31)23(15-21)17-27-13-14-28-18-24-16-22(10-12-26(24)32)20-30(7-3)8-4/h9-12,15-18,31-32H,5-8,13-14,19-20H2,1-4H3. The molecule has 174 valence electrons. The van der Waals surface area contributed by atoms with Crippen LogP contribution in [0.3, 0.4) is 0 Å². The molecule has 0 atom stereocenters. The molecule has 0 heterocycles. The molecule has 0 fully saturated rings. The van der Waals surface area contributed by atoms with E-state index < -0.39 is 0 Å². The van der Waals surface area contributed by atoms with Crippen molar-refractivity contribution in [3.8, 4) is 11.5 Å². The Morgan fingerprint density at radius 3 is 1.38 bits per heavy atom. The summed E-state index contributed by atoms with van der Waals surface area (Å²) in [4.78, 5) is 13.5. The predicted octanol–water partition coefficient (Wildman–Crippen LogP) is 4.32. The average molecular weight is 439 g/mol. The highest BCUT2D eigenvalue weighted by Crippen LogP contribution is 2.19. The number of rotatable bonds is 13. The summed E-state index contributed by atoms with van der Waals surface area (Å²) in [7, 11) is 0. The fourth-order valence-corrected chi connectivity index (χ4v) is 3.46. The van der Waals surface area contributed by atoms with E-state index in [1.807, 2.05) is 24.3 Å². The van der Waals surface area contributed by atoms with Crippen LogP contribution in [0.5, 0.6) is 11.5 Å². The van der Waals surface area contributed by atoms with E-state index in [0.717, 1.165) is 61.5 Å². The number of aromatic hydroxyl groups is 2. The summed E-state index contributed by atoms with van der Waals surface area (Å²) in [5.41, 5.74) is 3.76. The molecule has 0 aliphatic heterocycles. The highest BCUT2D eigenvalue weighted by atomic mass is 16.3. The SMILES string of the molecule is CCN(CC)Cc1ccc(O)c(C=NCCN=Cc2cc(CN(CC)CC)ccc2O)c1. The van der Waals surface area contributed by atoms with Crippen LogP contribution in [0, 0.1) is 0 Å². The molecule has 0 saturated heterocycles. The lowest BCUT2D eigenvalue weighted by atomic mass is 10.1. The first kappa shape index (κ1) is 25.6. The Balaban J connectivity index is 1.93. The fourth-order valence-electron chi connectivity index (χ4n) is 3.46. The molecule has 0 unspecified atom stereocenters. The molecule has 6 heteroatoms. The monoisotopic (exact) mass is 438 g/mol. The summed E-state index contributed by atoms with van der Waals surface area (Å²) in [6.07, 6.45) is 3.41. The largest absolute Gasteiger partial charge is 0.507 e. The molecule has 32 heavy (non-hydrogen) atoms. The van der Waals surface area contributed by atoms with Gasteiger partial charge in [-0.3, -0.25) is 19.8 Å². The van der Waals surface area contributed by atoms with Crippen LogP contribution in [-0.4, -0.2) is 71.7 Å². The summed E-state index contributed by atoms with van der Waals surface area (Å²) in [5.74, 6) is 0.464. The Hall–Kier alpha value is -2.70. The van der Waals surface area contributed by atoms with E-state index in [1.165, 1.54) is 0 Å². The molecule has 2 rings (SSSR count). The number of phenolic OH excluding ortho intramolecular Hbond substituents is 2. The van der Waals surface area contributed by atoms with Crippen molar-refractivity contribution in [1.82, 2.24) is 9.80 Å². The molecule has 0 saturated carbocycles. The molecule has 0 amide bonds.